The van der Waals surface area contributed by atoms with Gasteiger partial charge < -0.3 is 5.32 Å². The van der Waals surface area contributed by atoms with Crippen molar-refractivity contribution in [2.45, 2.75) is 50.2 Å². The molecule has 5 nitrogen and oxygen atoms in total. The topological polar surface area (TPSA) is 75.3 Å². The second-order valence-electron chi connectivity index (χ2n) is 7.87. The van der Waals surface area contributed by atoms with Gasteiger partial charge >= 0.3 is 0 Å². The van der Waals surface area contributed by atoms with Crippen molar-refractivity contribution in [1.82, 2.24) is 10.6 Å². The average Bonchev–Trinajstić information content (AvgIpc) is 2.72. The van der Waals surface area contributed by atoms with Crippen molar-refractivity contribution < 1.29 is 18.8 Å². The highest BCUT2D eigenvalue weighted by Gasteiger charge is 2.30. The molecule has 0 radical (unpaired) electrons. The van der Waals surface area contributed by atoms with E-state index in [1.807, 2.05) is 42.5 Å². The van der Waals surface area contributed by atoms with Crippen LogP contribution in [0.2, 0.25) is 5.02 Å². The second kappa shape index (κ2) is 8.56. The van der Waals surface area contributed by atoms with E-state index in [0.717, 1.165) is 16.7 Å². The van der Waals surface area contributed by atoms with Gasteiger partial charge in [0, 0.05) is 18.0 Å². The number of amides is 3. The zero-order valence-electron chi connectivity index (χ0n) is 16.3. The molecule has 0 aromatic heterocycles. The fourth-order valence-corrected chi connectivity index (χ4v) is 4.54. The average molecular weight is 429 g/mol. The van der Waals surface area contributed by atoms with Gasteiger partial charge in [-0.1, -0.05) is 54.1 Å². The molecule has 2 heterocycles. The van der Waals surface area contributed by atoms with Crippen LogP contribution in [0.25, 0.3) is 11.1 Å². The van der Waals surface area contributed by atoms with Crippen molar-refractivity contribution >= 4 is 29.3 Å². The summed E-state index contributed by atoms with van der Waals surface area (Å²) < 4.78 is 13.4. The number of hydrogen-bond acceptors (Lipinski definition) is 3. The van der Waals surface area contributed by atoms with E-state index < -0.39 is 18.0 Å². The van der Waals surface area contributed by atoms with Crippen LogP contribution in [-0.4, -0.2) is 29.9 Å². The molecule has 2 aromatic carbocycles. The highest BCUT2D eigenvalue weighted by Crippen LogP contribution is 2.37. The van der Waals surface area contributed by atoms with Crippen LogP contribution in [0.4, 0.5) is 4.39 Å². The molecular formula is C23H22ClFN2O3. The minimum atomic E-state index is -1.42. The Kier molecular flexibility index (Phi) is 5.86. The second-order valence-corrected chi connectivity index (χ2v) is 8.25. The molecule has 30 heavy (non-hydrogen) atoms. The number of alkyl halides is 1. The summed E-state index contributed by atoms with van der Waals surface area (Å²) in [4.78, 5) is 35.3. The number of piperidine rings is 2. The highest BCUT2D eigenvalue weighted by atomic mass is 35.5. The lowest BCUT2D eigenvalue weighted by Gasteiger charge is -2.25. The Hall–Kier alpha value is -2.73. The van der Waals surface area contributed by atoms with Crippen LogP contribution in [0.5, 0.6) is 0 Å². The first kappa shape index (κ1) is 20.5. The molecule has 3 amide bonds. The van der Waals surface area contributed by atoms with Crippen LogP contribution in [-0.2, 0) is 20.8 Å². The number of nitrogens with one attached hydrogen (secondary N) is 2. The van der Waals surface area contributed by atoms with Gasteiger partial charge in [0.2, 0.25) is 11.8 Å². The van der Waals surface area contributed by atoms with Gasteiger partial charge in [0.1, 0.15) is 0 Å². The van der Waals surface area contributed by atoms with Gasteiger partial charge in [0.15, 0.2) is 6.17 Å². The number of hydrogen-bond donors (Lipinski definition) is 2. The Morgan fingerprint density at radius 1 is 1.00 bits per heavy atom. The number of carbonyl (C=O) groups excluding carboxylic acids is 3. The van der Waals surface area contributed by atoms with Gasteiger partial charge in [-0.25, -0.2) is 4.39 Å². The van der Waals surface area contributed by atoms with E-state index in [1.54, 1.807) is 0 Å². The van der Waals surface area contributed by atoms with Gasteiger partial charge in [-0.05, 0) is 42.4 Å². The van der Waals surface area contributed by atoms with Gasteiger partial charge in [-0.2, -0.15) is 0 Å². The maximum absolute atomic E-state index is 13.4. The molecule has 3 atom stereocenters. The van der Waals surface area contributed by atoms with Crippen LogP contribution in [0.15, 0.2) is 42.5 Å². The van der Waals surface area contributed by atoms with Crippen LogP contribution in [0.3, 0.4) is 0 Å². The third kappa shape index (κ3) is 4.24. The molecule has 2 N–H and O–H groups in total. The van der Waals surface area contributed by atoms with Crippen LogP contribution in [0.1, 0.15) is 42.7 Å². The van der Waals surface area contributed by atoms with Gasteiger partial charge in [0.25, 0.3) is 5.91 Å². The van der Waals surface area contributed by atoms with Crippen LogP contribution >= 0.6 is 11.6 Å². The van der Waals surface area contributed by atoms with Gasteiger partial charge in [-0.3, -0.25) is 19.7 Å². The van der Waals surface area contributed by atoms with Crippen molar-refractivity contribution in [3.63, 3.8) is 0 Å². The number of benzene rings is 2. The number of rotatable bonds is 4. The predicted molar refractivity (Wildman–Crippen MR) is 112 cm³/mol. The summed E-state index contributed by atoms with van der Waals surface area (Å²) in [5.41, 5.74) is 3.42. The lowest BCUT2D eigenvalue weighted by molar-refractivity contribution is -0.134. The zero-order chi connectivity index (χ0) is 21.3. The quantitative estimate of drug-likeness (QED) is 0.729. The normalized spacial score (nSPS) is 24.3. The first-order valence-electron chi connectivity index (χ1n) is 10.1. The molecule has 2 saturated heterocycles. The van der Waals surface area contributed by atoms with Crippen LogP contribution in [0, 0.1) is 0 Å². The molecule has 0 bridgehead atoms. The van der Waals surface area contributed by atoms with Crippen molar-refractivity contribution in [3.8, 4) is 11.1 Å². The molecule has 3 unspecified atom stereocenters. The van der Waals surface area contributed by atoms with E-state index >= 15 is 0 Å². The standard InChI is InChI=1S/C23H22ClFN2O3/c24-21-16(5-2-6-17(21)18-8-10-20(28)27-22(18)29)14-4-1-3-13(11-14)12-15-7-9-19(25)23(30)26-15/h1-6,11,15,18-19H,7-10,12H2,(H,26,30)(H,27,28,29). The first-order valence-corrected chi connectivity index (χ1v) is 10.5. The van der Waals surface area contributed by atoms with E-state index in [-0.39, 0.29) is 24.3 Å². The Labute approximate surface area is 179 Å². The summed E-state index contributed by atoms with van der Waals surface area (Å²) >= 11 is 6.69. The van der Waals surface area contributed by atoms with Gasteiger partial charge in [0.05, 0.1) is 10.9 Å². The molecule has 0 saturated carbocycles. The summed E-state index contributed by atoms with van der Waals surface area (Å²) in [7, 11) is 0. The zero-order valence-corrected chi connectivity index (χ0v) is 17.0. The Morgan fingerprint density at radius 2 is 1.80 bits per heavy atom. The molecule has 7 heteroatoms. The maximum atomic E-state index is 13.4. The predicted octanol–water partition coefficient (Wildman–Crippen LogP) is 3.69. The van der Waals surface area contributed by atoms with Gasteiger partial charge in [-0.15, -0.1) is 0 Å². The summed E-state index contributed by atoms with van der Waals surface area (Å²) in [5.74, 6) is -1.57. The number of halogens is 2. The fourth-order valence-electron chi connectivity index (χ4n) is 4.18. The van der Waals surface area contributed by atoms with Crippen molar-refractivity contribution in [2.75, 3.05) is 0 Å². The van der Waals surface area contributed by atoms with E-state index in [2.05, 4.69) is 10.6 Å². The maximum Gasteiger partial charge on any atom is 0.254 e. The highest BCUT2D eigenvalue weighted by molar-refractivity contribution is 6.34. The van der Waals surface area contributed by atoms with E-state index in [1.165, 1.54) is 0 Å². The molecule has 4 rings (SSSR count). The summed E-state index contributed by atoms with van der Waals surface area (Å²) in [6.45, 7) is 0. The fraction of sp³-hybridized carbons (Fsp3) is 0.348. The van der Waals surface area contributed by atoms with Crippen molar-refractivity contribution in [2.24, 2.45) is 0 Å². The molecule has 0 aliphatic carbocycles. The lowest BCUT2D eigenvalue weighted by atomic mass is 9.88. The Morgan fingerprint density at radius 3 is 2.57 bits per heavy atom. The smallest absolute Gasteiger partial charge is 0.254 e. The molecule has 2 aliphatic rings. The molecule has 2 aliphatic heterocycles. The summed E-state index contributed by atoms with van der Waals surface area (Å²) in [5, 5.41) is 5.61. The number of imide groups is 1. The third-order valence-electron chi connectivity index (χ3n) is 5.76. The van der Waals surface area contributed by atoms with Crippen molar-refractivity contribution in [1.29, 1.82) is 0 Å². The summed E-state index contributed by atoms with van der Waals surface area (Å²) in [6.07, 6.45) is 0.765. The van der Waals surface area contributed by atoms with Crippen molar-refractivity contribution in [3.05, 3.63) is 58.6 Å². The number of carbonyl (C=O) groups is 3. The molecule has 2 aromatic rings. The molecular weight excluding hydrogens is 407 g/mol. The van der Waals surface area contributed by atoms with Crippen LogP contribution < -0.4 is 10.6 Å². The monoisotopic (exact) mass is 428 g/mol. The first-order chi connectivity index (χ1) is 14.4. The SMILES string of the molecule is O=C1CCC(c2cccc(-c3cccc(CC4CCC(F)C(=O)N4)c3)c2Cl)C(=O)N1. The summed E-state index contributed by atoms with van der Waals surface area (Å²) in [6, 6.07) is 13.3. The van der Waals surface area contributed by atoms with E-state index in [9.17, 15) is 18.8 Å². The largest absolute Gasteiger partial charge is 0.351 e. The molecule has 2 fully saturated rings. The minimum absolute atomic E-state index is 0.0926. The third-order valence-corrected chi connectivity index (χ3v) is 6.18. The lowest BCUT2D eigenvalue weighted by Crippen LogP contribution is -2.46. The Balaban J connectivity index is 1.57. The molecule has 0 spiro atoms. The minimum Gasteiger partial charge on any atom is -0.351 e. The Bertz CT molecular complexity index is 1010. The van der Waals surface area contributed by atoms with E-state index in [0.29, 0.717) is 36.3 Å². The molecule has 156 valence electrons. The van der Waals surface area contributed by atoms with E-state index in [4.69, 9.17) is 11.6 Å².